The van der Waals surface area contributed by atoms with E-state index in [4.69, 9.17) is 4.74 Å². The molecular weight excluding hydrogens is 547 g/mol. The number of benzene rings is 4. The molecule has 0 saturated heterocycles. The molecule has 0 atom stereocenters. The van der Waals surface area contributed by atoms with Gasteiger partial charge in [-0.3, -0.25) is 9.78 Å². The lowest BCUT2D eigenvalue weighted by molar-refractivity contribution is -0.136. The highest BCUT2D eigenvalue weighted by Crippen LogP contribution is 2.39. The van der Waals surface area contributed by atoms with Gasteiger partial charge in [0.25, 0.3) is 0 Å². The van der Waals surface area contributed by atoms with E-state index >= 15 is 0 Å². The molecule has 0 bridgehead atoms. The molecular formula is C32H22F3N3O4. The van der Waals surface area contributed by atoms with E-state index in [2.05, 4.69) is 15.6 Å². The third kappa shape index (κ3) is 5.68. The Kier molecular flexibility index (Phi) is 7.70. The summed E-state index contributed by atoms with van der Waals surface area (Å²) in [5.74, 6) is -1.06. The summed E-state index contributed by atoms with van der Waals surface area (Å²) in [5.41, 5.74) is 0.471. The average Bonchev–Trinajstić information content (AvgIpc) is 2.99. The highest BCUT2D eigenvalue weighted by molar-refractivity contribution is 6.17. The van der Waals surface area contributed by atoms with Crippen LogP contribution in [0.4, 0.5) is 29.3 Å². The number of para-hydroxylation sites is 2. The van der Waals surface area contributed by atoms with E-state index in [1.807, 2.05) is 0 Å². The predicted molar refractivity (Wildman–Crippen MR) is 152 cm³/mol. The molecule has 0 aliphatic rings. The molecule has 1 aromatic heterocycles. The Balaban J connectivity index is 1.58. The number of carbonyl (C=O) groups is 3. The number of ether oxygens (including phenoxy) is 1. The molecule has 7 nitrogen and oxygen atoms in total. The van der Waals surface area contributed by atoms with Crippen molar-refractivity contribution in [2.75, 3.05) is 17.7 Å². The van der Waals surface area contributed by atoms with Gasteiger partial charge >= 0.3 is 18.2 Å². The lowest BCUT2D eigenvalue weighted by Gasteiger charge is -2.17. The standard InChI is InChI=1S/C32H22F3N3O4/c1-42-30(40)22-13-5-6-16-26(22)38-31(41)37-21-12-7-11-20(17-21)27-23-14-8-15-25(32(33,34)35)28(23)36-18-24(27)29(39)19-9-3-2-4-10-19/h2-18H,1H3,(H2,37,38,41). The van der Waals surface area contributed by atoms with Crippen molar-refractivity contribution in [3.63, 3.8) is 0 Å². The van der Waals surface area contributed by atoms with Gasteiger partial charge in [-0.1, -0.05) is 66.7 Å². The van der Waals surface area contributed by atoms with Gasteiger partial charge in [-0.25, -0.2) is 9.59 Å². The number of aromatic nitrogens is 1. The predicted octanol–water partition coefficient (Wildman–Crippen LogP) is 7.58. The first kappa shape index (κ1) is 28.0. The Morgan fingerprint density at radius 3 is 2.24 bits per heavy atom. The molecule has 4 aromatic carbocycles. The van der Waals surface area contributed by atoms with E-state index < -0.39 is 29.5 Å². The Morgan fingerprint density at radius 1 is 0.786 bits per heavy atom. The number of rotatable bonds is 6. The summed E-state index contributed by atoms with van der Waals surface area (Å²) < 4.78 is 46.4. The minimum atomic E-state index is -4.67. The Labute approximate surface area is 238 Å². The van der Waals surface area contributed by atoms with Crippen molar-refractivity contribution in [3.8, 4) is 11.1 Å². The molecule has 0 aliphatic heterocycles. The van der Waals surface area contributed by atoms with Gasteiger partial charge in [-0.2, -0.15) is 13.2 Å². The van der Waals surface area contributed by atoms with Crippen LogP contribution in [0.5, 0.6) is 0 Å². The van der Waals surface area contributed by atoms with E-state index in [0.29, 0.717) is 11.1 Å². The number of fused-ring (bicyclic) bond motifs is 1. The third-order valence-corrected chi connectivity index (χ3v) is 6.47. The van der Waals surface area contributed by atoms with Gasteiger partial charge in [0.2, 0.25) is 0 Å². The van der Waals surface area contributed by atoms with E-state index in [1.54, 1.807) is 66.7 Å². The summed E-state index contributed by atoms with van der Waals surface area (Å²) in [6.07, 6.45) is -3.52. The van der Waals surface area contributed by atoms with Gasteiger partial charge < -0.3 is 15.4 Å². The van der Waals surface area contributed by atoms with Crippen molar-refractivity contribution in [1.29, 1.82) is 0 Å². The molecule has 0 saturated carbocycles. The number of carbonyl (C=O) groups excluding carboxylic acids is 3. The van der Waals surface area contributed by atoms with Crippen molar-refractivity contribution in [2.24, 2.45) is 0 Å². The quantitative estimate of drug-likeness (QED) is 0.162. The van der Waals surface area contributed by atoms with Gasteiger partial charge in [-0.15, -0.1) is 0 Å². The summed E-state index contributed by atoms with van der Waals surface area (Å²) in [5, 5.41) is 5.39. The number of ketones is 1. The maximum atomic E-state index is 13.9. The van der Waals surface area contributed by atoms with Crippen LogP contribution in [0, 0.1) is 0 Å². The van der Waals surface area contributed by atoms with Crippen molar-refractivity contribution in [3.05, 3.63) is 126 Å². The maximum absolute atomic E-state index is 13.9. The Hall–Kier alpha value is -5.51. The monoisotopic (exact) mass is 569 g/mol. The number of alkyl halides is 3. The smallest absolute Gasteiger partial charge is 0.418 e. The number of hydrogen-bond acceptors (Lipinski definition) is 5. The van der Waals surface area contributed by atoms with Crippen LogP contribution in [0.2, 0.25) is 0 Å². The number of halogens is 3. The zero-order chi connectivity index (χ0) is 29.9. The molecule has 2 N–H and O–H groups in total. The van der Waals surface area contributed by atoms with E-state index in [9.17, 15) is 27.6 Å². The molecule has 0 spiro atoms. The first-order valence-corrected chi connectivity index (χ1v) is 12.6. The number of urea groups is 1. The van der Waals surface area contributed by atoms with Crippen LogP contribution in [-0.4, -0.2) is 29.9 Å². The fourth-order valence-corrected chi connectivity index (χ4v) is 4.60. The lowest BCUT2D eigenvalue weighted by atomic mass is 9.91. The zero-order valence-electron chi connectivity index (χ0n) is 22.0. The number of methoxy groups -OCH3 is 1. The summed E-state index contributed by atoms with van der Waals surface area (Å²) in [7, 11) is 1.22. The maximum Gasteiger partial charge on any atom is 0.418 e. The van der Waals surface area contributed by atoms with Crippen LogP contribution in [0.25, 0.3) is 22.0 Å². The number of amides is 2. The fourth-order valence-electron chi connectivity index (χ4n) is 4.60. The lowest BCUT2D eigenvalue weighted by Crippen LogP contribution is -2.21. The van der Waals surface area contributed by atoms with Crippen LogP contribution in [0.1, 0.15) is 31.8 Å². The number of pyridine rings is 1. The van der Waals surface area contributed by atoms with Gasteiger partial charge in [0, 0.05) is 34.0 Å². The van der Waals surface area contributed by atoms with E-state index in [0.717, 1.165) is 12.3 Å². The molecule has 0 radical (unpaired) electrons. The number of hydrogen-bond donors (Lipinski definition) is 2. The van der Waals surface area contributed by atoms with Gasteiger partial charge in [0.15, 0.2) is 5.78 Å². The summed E-state index contributed by atoms with van der Waals surface area (Å²) in [4.78, 5) is 42.6. The fraction of sp³-hybridized carbons (Fsp3) is 0.0625. The topological polar surface area (TPSA) is 97.4 Å². The van der Waals surface area contributed by atoms with Crippen LogP contribution >= 0.6 is 0 Å². The van der Waals surface area contributed by atoms with Crippen molar-refractivity contribution in [2.45, 2.75) is 6.18 Å². The first-order valence-electron chi connectivity index (χ1n) is 12.6. The molecule has 2 amide bonds. The minimum absolute atomic E-state index is 0.0987. The SMILES string of the molecule is COC(=O)c1ccccc1NC(=O)Nc1cccc(-c2c(C(=O)c3ccccc3)cnc3c(C(F)(F)F)cccc23)c1. The third-order valence-electron chi connectivity index (χ3n) is 6.47. The molecule has 10 heteroatoms. The number of esters is 1. The normalized spacial score (nSPS) is 11.1. The molecule has 0 unspecified atom stereocenters. The van der Waals surface area contributed by atoms with Crippen molar-refractivity contribution < 1.29 is 32.3 Å². The Morgan fingerprint density at radius 2 is 1.50 bits per heavy atom. The first-order chi connectivity index (χ1) is 20.2. The molecule has 210 valence electrons. The summed E-state index contributed by atoms with van der Waals surface area (Å²) in [6, 6.07) is 24.0. The molecule has 0 fully saturated rings. The van der Waals surface area contributed by atoms with E-state index in [1.165, 1.54) is 31.4 Å². The second kappa shape index (κ2) is 11.5. The zero-order valence-corrected chi connectivity index (χ0v) is 22.0. The average molecular weight is 570 g/mol. The van der Waals surface area contributed by atoms with Gasteiger partial charge in [-0.05, 0) is 35.9 Å². The number of nitrogens with one attached hydrogen (secondary N) is 2. The van der Waals surface area contributed by atoms with Crippen molar-refractivity contribution in [1.82, 2.24) is 4.98 Å². The van der Waals surface area contributed by atoms with Crippen LogP contribution in [-0.2, 0) is 10.9 Å². The van der Waals surface area contributed by atoms with Crippen LogP contribution < -0.4 is 10.6 Å². The summed E-state index contributed by atoms with van der Waals surface area (Å²) >= 11 is 0. The molecule has 5 aromatic rings. The Bertz CT molecular complexity index is 1820. The number of anilines is 2. The second-order valence-electron chi connectivity index (χ2n) is 9.14. The largest absolute Gasteiger partial charge is 0.465 e. The van der Waals surface area contributed by atoms with Gasteiger partial charge in [0.05, 0.1) is 29.4 Å². The molecule has 42 heavy (non-hydrogen) atoms. The highest BCUT2D eigenvalue weighted by Gasteiger charge is 2.34. The molecule has 5 rings (SSSR count). The van der Waals surface area contributed by atoms with Crippen LogP contribution in [0.15, 0.2) is 103 Å². The minimum Gasteiger partial charge on any atom is -0.465 e. The number of nitrogens with zero attached hydrogens (tertiary/aromatic N) is 1. The summed E-state index contributed by atoms with van der Waals surface area (Å²) in [6.45, 7) is 0. The second-order valence-corrected chi connectivity index (χ2v) is 9.14. The van der Waals surface area contributed by atoms with Crippen LogP contribution in [0.3, 0.4) is 0 Å². The van der Waals surface area contributed by atoms with E-state index in [-0.39, 0.29) is 39.0 Å². The van der Waals surface area contributed by atoms with Gasteiger partial charge in [0.1, 0.15) is 0 Å². The molecule has 0 aliphatic carbocycles. The highest BCUT2D eigenvalue weighted by atomic mass is 19.4. The van der Waals surface area contributed by atoms with Crippen molar-refractivity contribution >= 4 is 40.1 Å². The molecule has 1 heterocycles.